The molecule has 2 aromatic carbocycles. The van der Waals surface area contributed by atoms with Gasteiger partial charge < -0.3 is 30.0 Å². The molecule has 8 heteroatoms. The van der Waals surface area contributed by atoms with Crippen LogP contribution in [0.15, 0.2) is 30.3 Å². The topological polar surface area (TPSA) is 92.0 Å². The fourth-order valence-corrected chi connectivity index (χ4v) is 2.60. The van der Waals surface area contributed by atoms with Gasteiger partial charge >= 0.3 is 29.6 Å². The van der Waals surface area contributed by atoms with Crippen molar-refractivity contribution in [3.63, 3.8) is 0 Å². The van der Waals surface area contributed by atoms with Gasteiger partial charge in [-0.1, -0.05) is 0 Å². The van der Waals surface area contributed by atoms with Crippen LogP contribution in [0.3, 0.4) is 0 Å². The van der Waals surface area contributed by atoms with Crippen molar-refractivity contribution < 1.29 is 23.7 Å². The Morgan fingerprint density at radius 1 is 0.926 bits per heavy atom. The Morgan fingerprint density at radius 3 is 2.00 bits per heavy atom. The third-order valence-electron chi connectivity index (χ3n) is 3.97. The number of methoxy groups -OCH3 is 4. The molecule has 0 bridgehead atoms. The first-order chi connectivity index (χ1) is 12.5. The average molecular weight is 384 g/mol. The second kappa shape index (κ2) is 10.9. The van der Waals surface area contributed by atoms with Gasteiger partial charge in [0.05, 0.1) is 34.1 Å². The second-order valence-corrected chi connectivity index (χ2v) is 5.47. The van der Waals surface area contributed by atoms with Gasteiger partial charge in [-0.3, -0.25) is 4.79 Å². The van der Waals surface area contributed by atoms with Crippen LogP contribution in [0.2, 0.25) is 0 Å². The maximum absolute atomic E-state index is 12.3. The first kappa shape index (κ1) is 23.0. The van der Waals surface area contributed by atoms with Crippen molar-refractivity contribution in [3.05, 3.63) is 41.5 Å². The molecule has 27 heavy (non-hydrogen) atoms. The van der Waals surface area contributed by atoms with Gasteiger partial charge in [0, 0.05) is 29.8 Å². The normalized spacial score (nSPS) is 9.78. The number of anilines is 1. The predicted octanol–water partition coefficient (Wildman–Crippen LogP) is 1.63. The monoisotopic (exact) mass is 384 g/mol. The van der Waals surface area contributed by atoms with Crippen molar-refractivity contribution in [2.75, 3.05) is 40.7 Å². The first-order valence-electron chi connectivity index (χ1n) is 8.04. The van der Waals surface area contributed by atoms with Crippen molar-refractivity contribution in [2.24, 2.45) is 0 Å². The van der Waals surface area contributed by atoms with Gasteiger partial charge in [-0.15, -0.1) is 0 Å². The molecule has 2 aromatic rings. The molecule has 0 unspecified atom stereocenters. The zero-order valence-electron chi connectivity index (χ0n) is 15.4. The minimum atomic E-state index is -0.217. The fourth-order valence-electron chi connectivity index (χ4n) is 2.60. The van der Waals surface area contributed by atoms with Crippen LogP contribution in [0, 0.1) is 0 Å². The summed E-state index contributed by atoms with van der Waals surface area (Å²) in [5.41, 5.74) is 7.58. The molecule has 3 N–H and O–H groups in total. The Hall–Kier alpha value is -2.09. The molecule has 0 fully saturated rings. The summed E-state index contributed by atoms with van der Waals surface area (Å²) in [5.74, 6) is 2.24. The summed E-state index contributed by atoms with van der Waals surface area (Å²) in [4.78, 5) is 12.3. The van der Waals surface area contributed by atoms with Crippen molar-refractivity contribution in [1.29, 1.82) is 0 Å². The van der Waals surface area contributed by atoms with E-state index in [1.807, 2.05) is 0 Å². The molecule has 0 heterocycles. The Balaban J connectivity index is 0.00000364. The van der Waals surface area contributed by atoms with Crippen molar-refractivity contribution in [2.45, 2.75) is 6.42 Å². The third kappa shape index (κ3) is 5.69. The molecule has 2 rings (SSSR count). The van der Waals surface area contributed by atoms with Crippen LogP contribution < -0.4 is 30.0 Å². The van der Waals surface area contributed by atoms with E-state index < -0.39 is 0 Å². The van der Waals surface area contributed by atoms with Crippen molar-refractivity contribution >= 4 is 41.2 Å². The quantitative estimate of drug-likeness (QED) is 0.531. The standard InChI is InChI=1S/C19H24N2O5.Na.H/c1-23-13-10-17(25-3)14(18(11-13)26-4)7-8-21-19(22)12-5-6-16(24-2)15(20)9-12;;/h5-6,9-11H,7-8,20H2,1-4H3,(H,21,22);;. The molecule has 142 valence electrons. The van der Waals surface area contributed by atoms with Crippen LogP contribution in [-0.2, 0) is 6.42 Å². The summed E-state index contributed by atoms with van der Waals surface area (Å²) >= 11 is 0. The van der Waals surface area contributed by atoms with E-state index in [2.05, 4.69) is 5.32 Å². The number of hydrogen-bond acceptors (Lipinski definition) is 6. The van der Waals surface area contributed by atoms with Gasteiger partial charge in [0.15, 0.2) is 0 Å². The molecule has 0 aliphatic carbocycles. The molecule has 0 aromatic heterocycles. The summed E-state index contributed by atoms with van der Waals surface area (Å²) in [6, 6.07) is 8.48. The van der Waals surface area contributed by atoms with Gasteiger partial charge in [0.2, 0.25) is 0 Å². The summed E-state index contributed by atoms with van der Waals surface area (Å²) in [6.45, 7) is 0.407. The molecule has 0 saturated carbocycles. The Labute approximate surface area is 181 Å². The number of hydrogen-bond donors (Lipinski definition) is 2. The Bertz CT molecular complexity index is 758. The molecular formula is C19H25N2NaO5. The van der Waals surface area contributed by atoms with Gasteiger partial charge in [-0.25, -0.2) is 0 Å². The summed E-state index contributed by atoms with van der Waals surface area (Å²) in [6.07, 6.45) is 0.535. The predicted molar refractivity (Wildman–Crippen MR) is 107 cm³/mol. The Kier molecular flexibility index (Phi) is 9.28. The van der Waals surface area contributed by atoms with Crippen LogP contribution in [-0.4, -0.2) is 70.4 Å². The second-order valence-electron chi connectivity index (χ2n) is 5.47. The van der Waals surface area contributed by atoms with Crippen molar-refractivity contribution in [1.82, 2.24) is 5.32 Å². The number of nitrogens with one attached hydrogen (secondary N) is 1. The van der Waals surface area contributed by atoms with E-state index >= 15 is 0 Å². The maximum atomic E-state index is 12.3. The minimum absolute atomic E-state index is 0. The molecule has 0 radical (unpaired) electrons. The number of rotatable bonds is 8. The Morgan fingerprint density at radius 2 is 1.52 bits per heavy atom. The van der Waals surface area contributed by atoms with E-state index in [4.69, 9.17) is 24.7 Å². The molecule has 0 aliphatic rings. The zero-order valence-corrected chi connectivity index (χ0v) is 15.4. The molecular weight excluding hydrogens is 359 g/mol. The van der Waals surface area contributed by atoms with Gasteiger partial charge in [0.1, 0.15) is 23.0 Å². The molecule has 1 amide bonds. The SMILES string of the molecule is COc1cc(OC)c(CCNC(=O)c2ccc(OC)c(N)c2)c(OC)c1.[NaH]. The van der Waals surface area contributed by atoms with E-state index in [0.29, 0.717) is 47.2 Å². The van der Waals surface area contributed by atoms with Crippen LogP contribution in [0.25, 0.3) is 0 Å². The van der Waals surface area contributed by atoms with Gasteiger partial charge in [-0.2, -0.15) is 0 Å². The molecule has 0 saturated heterocycles. The number of carbonyl (C=O) groups is 1. The molecule has 7 nitrogen and oxygen atoms in total. The van der Waals surface area contributed by atoms with E-state index in [1.54, 1.807) is 51.7 Å². The number of nitrogen functional groups attached to an aromatic ring is 1. The van der Waals surface area contributed by atoms with Gasteiger partial charge in [-0.05, 0) is 24.6 Å². The van der Waals surface area contributed by atoms with Crippen LogP contribution >= 0.6 is 0 Å². The number of benzene rings is 2. The van der Waals surface area contributed by atoms with E-state index in [1.165, 1.54) is 7.11 Å². The van der Waals surface area contributed by atoms with Crippen LogP contribution in [0.4, 0.5) is 5.69 Å². The molecule has 0 spiro atoms. The molecule has 0 atom stereocenters. The number of nitrogens with two attached hydrogens (primary N) is 1. The number of amides is 1. The average Bonchev–Trinajstić information content (AvgIpc) is 2.67. The fraction of sp³-hybridized carbons (Fsp3) is 0.316. The summed E-state index contributed by atoms with van der Waals surface area (Å²) in [7, 11) is 6.27. The van der Waals surface area contributed by atoms with E-state index in [0.717, 1.165) is 5.56 Å². The number of carbonyl (C=O) groups excluding carboxylic acids is 1. The molecule has 0 aliphatic heterocycles. The van der Waals surface area contributed by atoms with E-state index in [-0.39, 0.29) is 35.5 Å². The van der Waals surface area contributed by atoms with Crippen LogP contribution in [0.5, 0.6) is 23.0 Å². The summed E-state index contributed by atoms with van der Waals surface area (Å²) < 4.78 is 21.1. The zero-order chi connectivity index (χ0) is 19.1. The number of ether oxygens (including phenoxy) is 4. The van der Waals surface area contributed by atoms with Gasteiger partial charge in [0.25, 0.3) is 5.91 Å². The van der Waals surface area contributed by atoms with E-state index in [9.17, 15) is 4.79 Å². The third-order valence-corrected chi connectivity index (χ3v) is 3.97. The summed E-state index contributed by atoms with van der Waals surface area (Å²) in [5, 5.41) is 2.87. The first-order valence-corrected chi connectivity index (χ1v) is 8.04. The van der Waals surface area contributed by atoms with Crippen molar-refractivity contribution in [3.8, 4) is 23.0 Å². The van der Waals surface area contributed by atoms with Crippen LogP contribution in [0.1, 0.15) is 15.9 Å².